The number of carbonyl (C=O) groups excluding carboxylic acids is 3. The Kier molecular flexibility index (Phi) is 6.73. The Bertz CT molecular complexity index is 1760. The molecule has 1 aliphatic heterocycles. The molecule has 0 saturated heterocycles. The SMILES string of the molecule is COc1ccc(-c2oc3cc(C)cc(C)c3c(=O)c2OC(=O)CN2C(=O)c3ccc(Br)cc3C2=O)cc1OC. The highest BCUT2D eigenvalue weighted by molar-refractivity contribution is 9.10. The molecule has 0 atom stereocenters. The second kappa shape index (κ2) is 10.0. The van der Waals surface area contributed by atoms with Crippen LogP contribution in [-0.2, 0) is 4.79 Å². The lowest BCUT2D eigenvalue weighted by atomic mass is 10.0. The molecule has 5 rings (SSSR count). The summed E-state index contributed by atoms with van der Waals surface area (Å²) in [5.41, 5.74) is 2.00. The van der Waals surface area contributed by atoms with Crippen LogP contribution in [0, 0.1) is 13.8 Å². The predicted octanol–water partition coefficient (Wildman–Crippen LogP) is 5.06. The van der Waals surface area contributed by atoms with E-state index in [1.807, 2.05) is 13.0 Å². The van der Waals surface area contributed by atoms with Crippen molar-refractivity contribution in [2.45, 2.75) is 13.8 Å². The van der Waals surface area contributed by atoms with Crippen LogP contribution in [0.5, 0.6) is 17.2 Å². The van der Waals surface area contributed by atoms with Gasteiger partial charge in [0.05, 0.1) is 30.7 Å². The van der Waals surface area contributed by atoms with E-state index in [-0.39, 0.29) is 28.0 Å². The number of halogens is 1. The fraction of sp³-hybridized carbons (Fsp3) is 0.172. The van der Waals surface area contributed by atoms with Crippen LogP contribution in [0.15, 0.2) is 62.2 Å². The molecule has 0 saturated carbocycles. The summed E-state index contributed by atoms with van der Waals surface area (Å²) in [6, 6.07) is 13.0. The third kappa shape index (κ3) is 4.57. The molecule has 0 radical (unpaired) electrons. The molecule has 0 fully saturated rings. The first-order chi connectivity index (χ1) is 18.6. The summed E-state index contributed by atoms with van der Waals surface area (Å²) in [6.45, 7) is 2.93. The molecule has 10 heteroatoms. The average molecular weight is 592 g/mol. The van der Waals surface area contributed by atoms with Crippen molar-refractivity contribution in [3.05, 3.63) is 85.5 Å². The Labute approximate surface area is 231 Å². The number of methoxy groups -OCH3 is 2. The summed E-state index contributed by atoms with van der Waals surface area (Å²) in [4.78, 5) is 53.3. The molecule has 4 aromatic rings. The number of ether oxygens (including phenoxy) is 3. The van der Waals surface area contributed by atoms with E-state index in [1.54, 1.807) is 37.3 Å². The number of rotatable bonds is 6. The highest BCUT2D eigenvalue weighted by Crippen LogP contribution is 2.37. The van der Waals surface area contributed by atoms with Gasteiger partial charge in [0.25, 0.3) is 11.8 Å². The number of hydrogen-bond donors (Lipinski definition) is 0. The molecule has 1 aromatic heterocycles. The minimum atomic E-state index is -0.985. The molecule has 0 unspecified atom stereocenters. The number of nitrogens with zero attached hydrogens (tertiary/aromatic N) is 1. The monoisotopic (exact) mass is 591 g/mol. The Morgan fingerprint density at radius 1 is 0.897 bits per heavy atom. The molecule has 0 bridgehead atoms. The van der Waals surface area contributed by atoms with Crippen LogP contribution in [0.3, 0.4) is 0 Å². The molecule has 39 heavy (non-hydrogen) atoms. The molecular weight excluding hydrogens is 570 g/mol. The summed E-state index contributed by atoms with van der Waals surface area (Å²) >= 11 is 3.28. The zero-order valence-electron chi connectivity index (χ0n) is 21.4. The zero-order valence-corrected chi connectivity index (χ0v) is 23.0. The molecule has 9 nitrogen and oxygen atoms in total. The number of imide groups is 1. The van der Waals surface area contributed by atoms with E-state index in [0.29, 0.717) is 32.7 Å². The van der Waals surface area contributed by atoms with Crippen molar-refractivity contribution in [1.82, 2.24) is 4.90 Å². The van der Waals surface area contributed by atoms with Crippen molar-refractivity contribution in [2.24, 2.45) is 0 Å². The molecule has 2 amide bonds. The number of carbonyl (C=O) groups is 3. The van der Waals surface area contributed by atoms with E-state index < -0.39 is 29.8 Å². The van der Waals surface area contributed by atoms with E-state index in [0.717, 1.165) is 10.5 Å². The van der Waals surface area contributed by atoms with Gasteiger partial charge in [0.1, 0.15) is 12.1 Å². The van der Waals surface area contributed by atoms with E-state index >= 15 is 0 Å². The zero-order chi connectivity index (χ0) is 28.0. The molecule has 198 valence electrons. The van der Waals surface area contributed by atoms with Crippen LogP contribution >= 0.6 is 15.9 Å². The first-order valence-corrected chi connectivity index (χ1v) is 12.6. The van der Waals surface area contributed by atoms with E-state index in [1.165, 1.54) is 26.4 Å². The van der Waals surface area contributed by atoms with Crippen molar-refractivity contribution in [1.29, 1.82) is 0 Å². The number of amides is 2. The summed E-state index contributed by atoms with van der Waals surface area (Å²) in [5, 5.41) is 0.248. The van der Waals surface area contributed by atoms with Gasteiger partial charge in [-0.25, -0.2) is 4.79 Å². The molecule has 0 aliphatic carbocycles. The fourth-order valence-corrected chi connectivity index (χ4v) is 4.98. The lowest BCUT2D eigenvalue weighted by Crippen LogP contribution is -2.37. The quantitative estimate of drug-likeness (QED) is 0.226. The van der Waals surface area contributed by atoms with Gasteiger partial charge in [-0.3, -0.25) is 19.3 Å². The molecule has 2 heterocycles. The molecule has 0 spiro atoms. The smallest absolute Gasteiger partial charge is 0.331 e. The van der Waals surface area contributed by atoms with Crippen molar-refractivity contribution >= 4 is 44.7 Å². The molecular formula is C29H22BrNO8. The predicted molar refractivity (Wildman–Crippen MR) is 146 cm³/mol. The van der Waals surface area contributed by atoms with Gasteiger partial charge in [-0.1, -0.05) is 22.0 Å². The van der Waals surface area contributed by atoms with Crippen LogP contribution in [0.25, 0.3) is 22.3 Å². The summed E-state index contributed by atoms with van der Waals surface area (Å²) in [5.74, 6) is -1.81. The van der Waals surface area contributed by atoms with Crippen LogP contribution in [0.2, 0.25) is 0 Å². The first kappa shape index (κ1) is 26.2. The van der Waals surface area contributed by atoms with E-state index in [2.05, 4.69) is 15.9 Å². The number of fused-ring (bicyclic) bond motifs is 2. The van der Waals surface area contributed by atoms with Crippen LogP contribution in [-0.4, -0.2) is 43.4 Å². The van der Waals surface area contributed by atoms with Crippen molar-refractivity contribution in [3.8, 4) is 28.6 Å². The standard InChI is InChI=1S/C29H22BrNO8/c1-14-9-15(2)24-22(10-14)38-26(16-5-8-20(36-3)21(11-16)37-4)27(25(24)33)39-23(32)13-31-28(34)18-7-6-17(30)12-19(18)29(31)35/h5-12H,13H2,1-4H3. The van der Waals surface area contributed by atoms with Gasteiger partial charge in [0, 0.05) is 10.0 Å². The lowest BCUT2D eigenvalue weighted by Gasteiger charge is -2.16. The Morgan fingerprint density at radius 2 is 1.62 bits per heavy atom. The molecule has 0 N–H and O–H groups in total. The number of aryl methyl sites for hydroxylation is 2. The Morgan fingerprint density at radius 3 is 2.33 bits per heavy atom. The summed E-state index contributed by atoms with van der Waals surface area (Å²) < 4.78 is 23.0. The summed E-state index contributed by atoms with van der Waals surface area (Å²) in [6.07, 6.45) is 0. The topological polar surface area (TPSA) is 112 Å². The van der Waals surface area contributed by atoms with Gasteiger partial charge in [0.2, 0.25) is 11.2 Å². The van der Waals surface area contributed by atoms with Crippen LogP contribution in [0.1, 0.15) is 31.8 Å². The normalized spacial score (nSPS) is 12.6. The van der Waals surface area contributed by atoms with Gasteiger partial charge >= 0.3 is 5.97 Å². The molecule has 3 aromatic carbocycles. The van der Waals surface area contributed by atoms with E-state index in [4.69, 9.17) is 18.6 Å². The molecule has 1 aliphatic rings. The van der Waals surface area contributed by atoms with Crippen molar-refractivity contribution in [2.75, 3.05) is 20.8 Å². The lowest BCUT2D eigenvalue weighted by molar-refractivity contribution is -0.134. The highest BCUT2D eigenvalue weighted by atomic mass is 79.9. The largest absolute Gasteiger partial charge is 0.493 e. The second-order valence-corrected chi connectivity index (χ2v) is 9.89. The number of hydrogen-bond acceptors (Lipinski definition) is 8. The maximum absolute atomic E-state index is 13.7. The number of benzene rings is 3. The maximum Gasteiger partial charge on any atom is 0.331 e. The third-order valence-electron chi connectivity index (χ3n) is 6.38. The van der Waals surface area contributed by atoms with E-state index in [9.17, 15) is 19.2 Å². The fourth-order valence-electron chi connectivity index (χ4n) is 4.61. The summed E-state index contributed by atoms with van der Waals surface area (Å²) in [7, 11) is 2.96. The van der Waals surface area contributed by atoms with Crippen LogP contribution in [0.4, 0.5) is 0 Å². The number of esters is 1. The minimum absolute atomic E-state index is 0.0157. The highest BCUT2D eigenvalue weighted by Gasteiger charge is 2.37. The van der Waals surface area contributed by atoms with Gasteiger partial charge < -0.3 is 18.6 Å². The van der Waals surface area contributed by atoms with Gasteiger partial charge in [0.15, 0.2) is 17.3 Å². The maximum atomic E-state index is 13.7. The van der Waals surface area contributed by atoms with Crippen molar-refractivity contribution < 1.29 is 33.0 Å². The second-order valence-electron chi connectivity index (χ2n) is 8.97. The average Bonchev–Trinajstić information content (AvgIpc) is 3.13. The Balaban J connectivity index is 1.58. The van der Waals surface area contributed by atoms with Crippen molar-refractivity contribution in [3.63, 3.8) is 0 Å². The third-order valence-corrected chi connectivity index (χ3v) is 6.87. The first-order valence-electron chi connectivity index (χ1n) is 11.8. The minimum Gasteiger partial charge on any atom is -0.493 e. The van der Waals surface area contributed by atoms with Gasteiger partial charge in [-0.2, -0.15) is 0 Å². The Hall–Kier alpha value is -4.44. The van der Waals surface area contributed by atoms with Gasteiger partial charge in [-0.05, 0) is 67.4 Å². The van der Waals surface area contributed by atoms with Gasteiger partial charge in [-0.15, -0.1) is 0 Å². The van der Waals surface area contributed by atoms with Crippen LogP contribution < -0.4 is 19.6 Å².